The summed E-state index contributed by atoms with van der Waals surface area (Å²) in [6.07, 6.45) is 0.828. The van der Waals surface area contributed by atoms with Crippen molar-refractivity contribution >= 4 is 17.1 Å². The highest BCUT2D eigenvalue weighted by Crippen LogP contribution is 2.25. The third kappa shape index (κ3) is 2.70. The Morgan fingerprint density at radius 3 is 2.68 bits per heavy atom. The van der Waals surface area contributed by atoms with Gasteiger partial charge in [0.2, 0.25) is 5.95 Å². The molecule has 3 heterocycles. The average Bonchev–Trinajstić information content (AvgIpc) is 3.29. The van der Waals surface area contributed by atoms with Crippen molar-refractivity contribution in [2.75, 3.05) is 18.0 Å². The second-order valence-electron chi connectivity index (χ2n) is 7.14. The van der Waals surface area contributed by atoms with Crippen molar-refractivity contribution in [2.24, 2.45) is 19.8 Å². The van der Waals surface area contributed by atoms with Gasteiger partial charge in [-0.2, -0.15) is 10.2 Å². The molecule has 1 aliphatic rings. The number of hydrogen-bond donors (Lipinski definition) is 1. The van der Waals surface area contributed by atoms with Crippen LogP contribution in [0.15, 0.2) is 33.9 Å². The molecule has 9 nitrogen and oxygen atoms in total. The van der Waals surface area contributed by atoms with Crippen molar-refractivity contribution in [2.45, 2.75) is 19.0 Å². The predicted octanol–water partition coefficient (Wildman–Crippen LogP) is -0.109. The molecule has 0 bridgehead atoms. The normalized spacial score (nSPS) is 16.6. The number of fused-ring (bicyclic) bond motifs is 1. The molecule has 0 saturated carbocycles. The predicted molar refractivity (Wildman–Crippen MR) is 105 cm³/mol. The minimum atomic E-state index is -0.427. The zero-order chi connectivity index (χ0) is 20.0. The van der Waals surface area contributed by atoms with Gasteiger partial charge < -0.3 is 10.6 Å². The van der Waals surface area contributed by atoms with Crippen LogP contribution in [0.3, 0.4) is 0 Å². The lowest BCUT2D eigenvalue weighted by atomic mass is 10.1. The number of hydrogen-bond acceptors (Lipinski definition) is 6. The Balaban J connectivity index is 2.00. The topological polar surface area (TPSA) is 115 Å². The number of benzene rings is 1. The first-order chi connectivity index (χ1) is 13.4. The molecule has 4 rings (SSSR count). The van der Waals surface area contributed by atoms with Crippen molar-refractivity contribution in [3.63, 3.8) is 0 Å². The first-order valence-electron chi connectivity index (χ1n) is 9.07. The molecule has 2 N–H and O–H groups in total. The summed E-state index contributed by atoms with van der Waals surface area (Å²) in [5.41, 5.74) is 7.23. The van der Waals surface area contributed by atoms with Crippen molar-refractivity contribution in [1.82, 2.24) is 18.7 Å². The maximum Gasteiger partial charge on any atom is 0.332 e. The molecule has 1 unspecified atom stereocenters. The Bertz CT molecular complexity index is 1230. The van der Waals surface area contributed by atoms with Crippen molar-refractivity contribution in [1.29, 1.82) is 5.26 Å². The zero-order valence-corrected chi connectivity index (χ0v) is 15.8. The molecular formula is C19H21N7O2. The molecule has 0 radical (unpaired) electrons. The Morgan fingerprint density at radius 2 is 2.00 bits per heavy atom. The lowest BCUT2D eigenvalue weighted by molar-refractivity contribution is 0.701. The molecule has 0 amide bonds. The van der Waals surface area contributed by atoms with E-state index in [1.165, 1.54) is 11.6 Å². The summed E-state index contributed by atoms with van der Waals surface area (Å²) in [4.78, 5) is 32.0. The minimum absolute atomic E-state index is 0.0336. The van der Waals surface area contributed by atoms with Crippen LogP contribution in [0.4, 0.5) is 5.95 Å². The van der Waals surface area contributed by atoms with E-state index in [1.807, 2.05) is 17.0 Å². The third-order valence-corrected chi connectivity index (χ3v) is 5.30. The summed E-state index contributed by atoms with van der Waals surface area (Å²) in [6.45, 7) is 1.64. The first-order valence-corrected chi connectivity index (χ1v) is 9.07. The lowest BCUT2D eigenvalue weighted by Crippen LogP contribution is -2.37. The summed E-state index contributed by atoms with van der Waals surface area (Å²) < 4.78 is 4.25. The van der Waals surface area contributed by atoms with Crippen LogP contribution >= 0.6 is 0 Å². The number of nitriles is 1. The SMILES string of the molecule is Cn1c(=O)c2c(nc(N3CCC(N)C3)n2Cc2ccccc2C#N)n(C)c1=O. The molecule has 9 heteroatoms. The van der Waals surface area contributed by atoms with E-state index in [4.69, 9.17) is 5.73 Å². The van der Waals surface area contributed by atoms with Gasteiger partial charge in [-0.25, -0.2) is 4.79 Å². The monoisotopic (exact) mass is 379 g/mol. The number of anilines is 1. The first kappa shape index (κ1) is 18.0. The summed E-state index contributed by atoms with van der Waals surface area (Å²) in [5, 5.41) is 9.44. The quantitative estimate of drug-likeness (QED) is 0.679. The molecule has 1 aromatic carbocycles. The smallest absolute Gasteiger partial charge is 0.332 e. The van der Waals surface area contributed by atoms with Crippen LogP contribution in [-0.4, -0.2) is 37.8 Å². The van der Waals surface area contributed by atoms with E-state index in [0.717, 1.165) is 23.1 Å². The van der Waals surface area contributed by atoms with Gasteiger partial charge in [-0.3, -0.25) is 18.5 Å². The molecule has 3 aromatic rings. The fourth-order valence-electron chi connectivity index (χ4n) is 3.73. The second-order valence-corrected chi connectivity index (χ2v) is 7.14. The van der Waals surface area contributed by atoms with Crippen LogP contribution in [0.25, 0.3) is 11.2 Å². The van der Waals surface area contributed by atoms with Crippen LogP contribution in [0.5, 0.6) is 0 Å². The van der Waals surface area contributed by atoms with E-state index in [9.17, 15) is 14.9 Å². The summed E-state index contributed by atoms with van der Waals surface area (Å²) in [6, 6.07) is 9.49. The molecule has 28 heavy (non-hydrogen) atoms. The Labute approximate surface area is 160 Å². The molecule has 2 aromatic heterocycles. The van der Waals surface area contributed by atoms with Gasteiger partial charge in [-0.15, -0.1) is 0 Å². The third-order valence-electron chi connectivity index (χ3n) is 5.30. The highest BCUT2D eigenvalue weighted by Gasteiger charge is 2.27. The number of aromatic nitrogens is 4. The van der Waals surface area contributed by atoms with Crippen LogP contribution in [0.2, 0.25) is 0 Å². The van der Waals surface area contributed by atoms with E-state index in [0.29, 0.717) is 35.8 Å². The molecular weight excluding hydrogens is 358 g/mol. The van der Waals surface area contributed by atoms with E-state index in [2.05, 4.69) is 11.1 Å². The Hall–Kier alpha value is -3.38. The summed E-state index contributed by atoms with van der Waals surface area (Å²) in [7, 11) is 3.06. The lowest BCUT2D eigenvalue weighted by Gasteiger charge is -2.19. The molecule has 0 spiro atoms. The Morgan fingerprint density at radius 1 is 1.25 bits per heavy atom. The standard InChI is InChI=1S/C19H21N7O2/c1-23-16-15(17(27)24(2)19(23)28)26(10-13-6-4-3-5-12(13)9-20)18(22-16)25-8-7-14(21)11-25/h3-6,14H,7-8,10-11,21H2,1-2H3. The molecule has 1 fully saturated rings. The van der Waals surface area contributed by atoms with Gasteiger partial charge in [0.1, 0.15) is 0 Å². The zero-order valence-electron chi connectivity index (χ0n) is 15.8. The number of imidazole rings is 1. The molecule has 1 atom stereocenters. The summed E-state index contributed by atoms with van der Waals surface area (Å²) >= 11 is 0. The number of nitrogens with zero attached hydrogens (tertiary/aromatic N) is 6. The van der Waals surface area contributed by atoms with Gasteiger partial charge in [0.05, 0.1) is 18.2 Å². The van der Waals surface area contributed by atoms with Crippen LogP contribution < -0.4 is 21.9 Å². The van der Waals surface area contributed by atoms with E-state index in [-0.39, 0.29) is 6.04 Å². The van der Waals surface area contributed by atoms with E-state index < -0.39 is 11.2 Å². The molecule has 0 aliphatic carbocycles. The number of rotatable bonds is 3. The van der Waals surface area contributed by atoms with Gasteiger partial charge in [0, 0.05) is 33.2 Å². The highest BCUT2D eigenvalue weighted by atomic mass is 16.2. The van der Waals surface area contributed by atoms with E-state index in [1.54, 1.807) is 23.7 Å². The fourth-order valence-corrected chi connectivity index (χ4v) is 3.73. The van der Waals surface area contributed by atoms with Crippen molar-refractivity contribution < 1.29 is 0 Å². The molecule has 1 saturated heterocycles. The highest BCUT2D eigenvalue weighted by molar-refractivity contribution is 5.75. The van der Waals surface area contributed by atoms with Crippen LogP contribution in [0.1, 0.15) is 17.5 Å². The minimum Gasteiger partial charge on any atom is -0.341 e. The second kappa shape index (κ2) is 6.65. The molecule has 144 valence electrons. The van der Waals surface area contributed by atoms with Gasteiger partial charge in [-0.05, 0) is 18.1 Å². The van der Waals surface area contributed by atoms with Crippen molar-refractivity contribution in [3.05, 3.63) is 56.2 Å². The van der Waals surface area contributed by atoms with Gasteiger partial charge >= 0.3 is 5.69 Å². The number of aryl methyl sites for hydroxylation is 1. The average molecular weight is 379 g/mol. The summed E-state index contributed by atoms with van der Waals surface area (Å²) in [5.74, 6) is 0.592. The fraction of sp³-hybridized carbons (Fsp3) is 0.368. The van der Waals surface area contributed by atoms with Crippen molar-refractivity contribution in [3.8, 4) is 6.07 Å². The van der Waals surface area contributed by atoms with Crippen LogP contribution in [0, 0.1) is 11.3 Å². The molecule has 1 aliphatic heterocycles. The van der Waals surface area contributed by atoms with Crippen LogP contribution in [-0.2, 0) is 20.6 Å². The maximum absolute atomic E-state index is 12.9. The van der Waals surface area contributed by atoms with E-state index >= 15 is 0 Å². The van der Waals surface area contributed by atoms with Gasteiger partial charge in [0.15, 0.2) is 11.2 Å². The maximum atomic E-state index is 12.9. The number of nitrogens with two attached hydrogens (primary N) is 1. The Kier molecular flexibility index (Phi) is 4.28. The van der Waals surface area contributed by atoms with Gasteiger partial charge in [0.25, 0.3) is 5.56 Å². The largest absolute Gasteiger partial charge is 0.341 e. The van der Waals surface area contributed by atoms with Gasteiger partial charge in [-0.1, -0.05) is 18.2 Å².